The first kappa shape index (κ1) is 12.4. The minimum absolute atomic E-state index is 0.00875. The van der Waals surface area contributed by atoms with Crippen LogP contribution < -0.4 is 10.1 Å². The quantitative estimate of drug-likeness (QED) is 0.813. The van der Waals surface area contributed by atoms with E-state index in [1.807, 2.05) is 13.1 Å². The summed E-state index contributed by atoms with van der Waals surface area (Å²) in [7, 11) is 1.84. The molecule has 17 heavy (non-hydrogen) atoms. The van der Waals surface area contributed by atoms with Gasteiger partial charge in [0.05, 0.1) is 12.6 Å². The fourth-order valence-electron chi connectivity index (χ4n) is 2.30. The monoisotopic (exact) mass is 235 g/mol. The van der Waals surface area contributed by atoms with Crippen molar-refractivity contribution in [3.63, 3.8) is 0 Å². The zero-order valence-corrected chi connectivity index (χ0v) is 10.4. The second-order valence-electron chi connectivity index (χ2n) is 4.58. The second-order valence-corrected chi connectivity index (χ2v) is 4.58. The van der Waals surface area contributed by atoms with Crippen LogP contribution in [0.15, 0.2) is 18.2 Å². The van der Waals surface area contributed by atoms with E-state index in [1.54, 1.807) is 0 Å². The molecular formula is C14H21NO2. The highest BCUT2D eigenvalue weighted by molar-refractivity contribution is 5.41. The third kappa shape index (κ3) is 2.99. The van der Waals surface area contributed by atoms with Crippen molar-refractivity contribution in [2.45, 2.75) is 31.7 Å². The van der Waals surface area contributed by atoms with Crippen molar-refractivity contribution in [3.05, 3.63) is 29.3 Å². The molecule has 1 unspecified atom stereocenters. The van der Waals surface area contributed by atoms with Crippen molar-refractivity contribution in [2.75, 3.05) is 20.3 Å². The van der Waals surface area contributed by atoms with Crippen LogP contribution in [-0.2, 0) is 12.8 Å². The lowest BCUT2D eigenvalue weighted by atomic mass is 9.91. The summed E-state index contributed by atoms with van der Waals surface area (Å²) in [6, 6.07) is 6.30. The van der Waals surface area contributed by atoms with Crippen LogP contribution >= 0.6 is 0 Å². The first-order valence-electron chi connectivity index (χ1n) is 6.37. The molecule has 1 aliphatic carbocycles. The van der Waals surface area contributed by atoms with Crippen molar-refractivity contribution < 1.29 is 9.84 Å². The largest absolute Gasteiger partial charge is 0.492 e. The molecule has 3 nitrogen and oxygen atoms in total. The molecule has 0 aliphatic heterocycles. The second kappa shape index (κ2) is 6.03. The lowest BCUT2D eigenvalue weighted by molar-refractivity contribution is 0.188. The number of rotatable bonds is 5. The van der Waals surface area contributed by atoms with E-state index in [-0.39, 0.29) is 12.6 Å². The van der Waals surface area contributed by atoms with Crippen LogP contribution in [0.5, 0.6) is 5.75 Å². The predicted molar refractivity (Wildman–Crippen MR) is 68.5 cm³/mol. The molecular weight excluding hydrogens is 214 g/mol. The Morgan fingerprint density at radius 1 is 1.35 bits per heavy atom. The average Bonchev–Trinajstić information content (AvgIpc) is 2.40. The fraction of sp³-hybridized carbons (Fsp3) is 0.571. The first-order chi connectivity index (χ1) is 8.35. The van der Waals surface area contributed by atoms with Gasteiger partial charge in [-0.2, -0.15) is 0 Å². The summed E-state index contributed by atoms with van der Waals surface area (Å²) in [6.07, 6.45) is 4.83. The van der Waals surface area contributed by atoms with Crippen molar-refractivity contribution >= 4 is 0 Å². The number of aryl methyl sites for hydroxylation is 1. The number of hydrogen-bond donors (Lipinski definition) is 2. The number of aliphatic hydroxyl groups excluding tert-OH is 1. The number of likely N-dealkylation sites (N-methyl/N-ethyl adjacent to an activating group) is 1. The Bertz CT molecular complexity index is 361. The van der Waals surface area contributed by atoms with E-state index in [1.165, 1.54) is 30.4 Å². The summed E-state index contributed by atoms with van der Waals surface area (Å²) in [5.41, 5.74) is 2.80. The highest BCUT2D eigenvalue weighted by Crippen LogP contribution is 2.29. The smallest absolute Gasteiger partial charge is 0.122 e. The number of benzene rings is 1. The summed E-state index contributed by atoms with van der Waals surface area (Å²) in [5.74, 6) is 0.996. The number of nitrogens with one attached hydrogen (secondary N) is 1. The van der Waals surface area contributed by atoms with Crippen LogP contribution in [0.4, 0.5) is 0 Å². The van der Waals surface area contributed by atoms with Gasteiger partial charge in [-0.1, -0.05) is 12.1 Å². The SMILES string of the molecule is CNC(CO)COc1cccc2c1CCCC2. The Morgan fingerprint density at radius 2 is 2.18 bits per heavy atom. The Kier molecular flexibility index (Phi) is 4.40. The van der Waals surface area contributed by atoms with Crippen LogP contribution in [-0.4, -0.2) is 31.4 Å². The molecule has 2 N–H and O–H groups in total. The molecule has 0 bridgehead atoms. The number of fused-ring (bicyclic) bond motifs is 1. The van der Waals surface area contributed by atoms with Crippen molar-refractivity contribution in [1.29, 1.82) is 0 Å². The molecule has 1 aliphatic rings. The number of hydrogen-bond acceptors (Lipinski definition) is 3. The maximum atomic E-state index is 9.10. The van der Waals surface area contributed by atoms with E-state index in [0.29, 0.717) is 6.61 Å². The van der Waals surface area contributed by atoms with Gasteiger partial charge in [0.1, 0.15) is 12.4 Å². The summed E-state index contributed by atoms with van der Waals surface area (Å²) < 4.78 is 5.83. The van der Waals surface area contributed by atoms with Gasteiger partial charge in [0, 0.05) is 0 Å². The summed E-state index contributed by atoms with van der Waals surface area (Å²) >= 11 is 0. The van der Waals surface area contributed by atoms with E-state index < -0.39 is 0 Å². The molecule has 3 heteroatoms. The highest BCUT2D eigenvalue weighted by atomic mass is 16.5. The van der Waals surface area contributed by atoms with Gasteiger partial charge in [0.25, 0.3) is 0 Å². The molecule has 0 saturated carbocycles. The predicted octanol–water partition coefficient (Wildman–Crippen LogP) is 1.52. The van der Waals surface area contributed by atoms with Crippen LogP contribution in [0.2, 0.25) is 0 Å². The molecule has 0 fully saturated rings. The molecule has 0 amide bonds. The van der Waals surface area contributed by atoms with Crippen LogP contribution in [0.25, 0.3) is 0 Å². The summed E-state index contributed by atoms with van der Waals surface area (Å²) in [5, 5.41) is 12.1. The van der Waals surface area contributed by atoms with Gasteiger partial charge in [-0.15, -0.1) is 0 Å². The molecule has 2 rings (SSSR count). The van der Waals surface area contributed by atoms with Gasteiger partial charge < -0.3 is 15.2 Å². The van der Waals surface area contributed by atoms with Gasteiger partial charge in [0.2, 0.25) is 0 Å². The number of aliphatic hydroxyl groups is 1. The minimum Gasteiger partial charge on any atom is -0.492 e. The first-order valence-corrected chi connectivity index (χ1v) is 6.37. The molecule has 0 radical (unpaired) electrons. The van der Waals surface area contributed by atoms with E-state index >= 15 is 0 Å². The van der Waals surface area contributed by atoms with E-state index in [2.05, 4.69) is 17.4 Å². The van der Waals surface area contributed by atoms with Gasteiger partial charge in [-0.05, 0) is 49.9 Å². The van der Waals surface area contributed by atoms with Crippen LogP contribution in [0.3, 0.4) is 0 Å². The molecule has 0 heterocycles. The lowest BCUT2D eigenvalue weighted by Gasteiger charge is -2.21. The molecule has 94 valence electrons. The van der Waals surface area contributed by atoms with E-state index in [9.17, 15) is 0 Å². The zero-order chi connectivity index (χ0) is 12.1. The van der Waals surface area contributed by atoms with Crippen LogP contribution in [0, 0.1) is 0 Å². The third-order valence-electron chi connectivity index (χ3n) is 3.42. The maximum absolute atomic E-state index is 9.10. The lowest BCUT2D eigenvalue weighted by Crippen LogP contribution is -2.35. The Balaban J connectivity index is 2.05. The normalized spacial score (nSPS) is 16.4. The summed E-state index contributed by atoms with van der Waals surface area (Å²) in [4.78, 5) is 0. The van der Waals surface area contributed by atoms with Gasteiger partial charge in [0.15, 0.2) is 0 Å². The van der Waals surface area contributed by atoms with Crippen molar-refractivity contribution in [2.24, 2.45) is 0 Å². The maximum Gasteiger partial charge on any atom is 0.122 e. The summed E-state index contributed by atoms with van der Waals surface area (Å²) in [6.45, 7) is 0.620. The number of ether oxygens (including phenoxy) is 1. The van der Waals surface area contributed by atoms with Crippen LogP contribution in [0.1, 0.15) is 24.0 Å². The van der Waals surface area contributed by atoms with Crippen molar-refractivity contribution in [1.82, 2.24) is 5.32 Å². The van der Waals surface area contributed by atoms with E-state index in [4.69, 9.17) is 9.84 Å². The molecule has 1 atom stereocenters. The topological polar surface area (TPSA) is 41.5 Å². The van der Waals surface area contributed by atoms with Gasteiger partial charge >= 0.3 is 0 Å². The molecule has 1 aromatic carbocycles. The minimum atomic E-state index is 0.00875. The average molecular weight is 235 g/mol. The van der Waals surface area contributed by atoms with Crippen molar-refractivity contribution in [3.8, 4) is 5.75 Å². The Morgan fingerprint density at radius 3 is 2.94 bits per heavy atom. The third-order valence-corrected chi connectivity index (χ3v) is 3.42. The van der Waals surface area contributed by atoms with E-state index in [0.717, 1.165) is 12.2 Å². The Hall–Kier alpha value is -1.06. The zero-order valence-electron chi connectivity index (χ0n) is 10.4. The van der Waals surface area contributed by atoms with Gasteiger partial charge in [-0.3, -0.25) is 0 Å². The molecule has 0 aromatic heterocycles. The molecule has 0 saturated heterocycles. The standard InChI is InChI=1S/C14H21NO2/c1-15-12(9-16)10-17-14-8-4-6-11-5-2-3-7-13(11)14/h4,6,8,12,15-16H,2-3,5,7,9-10H2,1H3. The fourth-order valence-corrected chi connectivity index (χ4v) is 2.30. The Labute approximate surface area is 103 Å². The van der Waals surface area contributed by atoms with Gasteiger partial charge in [-0.25, -0.2) is 0 Å². The highest BCUT2D eigenvalue weighted by Gasteiger charge is 2.14. The molecule has 1 aromatic rings. The molecule has 0 spiro atoms.